The minimum absolute atomic E-state index is 0.119. The molecule has 2 N–H and O–H groups in total. The van der Waals surface area contributed by atoms with E-state index < -0.39 is 0 Å². The standard InChI is InChI=1S/C19H25N5OS3/c1-5-19(2,3)11-6-7-12-13(9-20)16(27-14(12)8-11)22-15(25)10-26-18-24-23-17(21-4)28-18/h11H,5-8,10H2,1-4H3,(H,21,23)(H,22,25). The predicted octanol–water partition coefficient (Wildman–Crippen LogP) is 4.78. The number of nitrogens with zero attached hydrogens (tertiary/aromatic N) is 3. The number of rotatable bonds is 7. The molecule has 2 aromatic rings. The second kappa shape index (κ2) is 8.80. The Morgan fingerprint density at radius 1 is 1.39 bits per heavy atom. The van der Waals surface area contributed by atoms with Crippen molar-refractivity contribution in [1.29, 1.82) is 5.26 Å². The number of fused-ring (bicyclic) bond motifs is 1. The molecule has 3 rings (SSSR count). The minimum atomic E-state index is -0.119. The lowest BCUT2D eigenvalue weighted by Crippen LogP contribution is -2.28. The van der Waals surface area contributed by atoms with Gasteiger partial charge in [0.2, 0.25) is 11.0 Å². The van der Waals surface area contributed by atoms with Crippen LogP contribution < -0.4 is 10.6 Å². The predicted molar refractivity (Wildman–Crippen MR) is 117 cm³/mol. The van der Waals surface area contributed by atoms with E-state index in [0.717, 1.165) is 40.7 Å². The van der Waals surface area contributed by atoms with Crippen molar-refractivity contribution in [3.63, 3.8) is 0 Å². The number of carbonyl (C=O) groups is 1. The quantitative estimate of drug-likeness (QED) is 0.608. The zero-order valence-corrected chi connectivity index (χ0v) is 19.0. The Kier molecular flexibility index (Phi) is 6.63. The van der Waals surface area contributed by atoms with Crippen LogP contribution in [0.4, 0.5) is 10.1 Å². The second-order valence-corrected chi connectivity index (χ2v) is 10.9. The van der Waals surface area contributed by atoms with Gasteiger partial charge >= 0.3 is 0 Å². The van der Waals surface area contributed by atoms with E-state index in [1.54, 1.807) is 18.4 Å². The van der Waals surface area contributed by atoms with Gasteiger partial charge in [0.15, 0.2) is 4.34 Å². The van der Waals surface area contributed by atoms with E-state index in [0.29, 0.717) is 21.9 Å². The highest BCUT2D eigenvalue weighted by atomic mass is 32.2. The maximum absolute atomic E-state index is 12.4. The lowest BCUT2D eigenvalue weighted by Gasteiger charge is -2.36. The van der Waals surface area contributed by atoms with E-state index in [9.17, 15) is 10.1 Å². The van der Waals surface area contributed by atoms with Gasteiger partial charge in [0.1, 0.15) is 11.1 Å². The van der Waals surface area contributed by atoms with E-state index in [1.807, 2.05) is 0 Å². The largest absolute Gasteiger partial charge is 0.363 e. The third kappa shape index (κ3) is 4.50. The molecular formula is C19H25N5OS3. The summed E-state index contributed by atoms with van der Waals surface area (Å²) in [5.74, 6) is 0.747. The zero-order valence-electron chi connectivity index (χ0n) is 16.6. The van der Waals surface area contributed by atoms with Crippen molar-refractivity contribution >= 4 is 50.5 Å². The van der Waals surface area contributed by atoms with E-state index in [2.05, 4.69) is 47.7 Å². The molecule has 0 aliphatic heterocycles. The Morgan fingerprint density at radius 3 is 2.82 bits per heavy atom. The number of aromatic nitrogens is 2. The van der Waals surface area contributed by atoms with Crippen molar-refractivity contribution in [3.8, 4) is 6.07 Å². The summed E-state index contributed by atoms with van der Waals surface area (Å²) in [6.07, 6.45) is 4.17. The van der Waals surface area contributed by atoms with Crippen molar-refractivity contribution in [1.82, 2.24) is 10.2 Å². The van der Waals surface area contributed by atoms with Crippen molar-refractivity contribution in [3.05, 3.63) is 16.0 Å². The number of hydrogen-bond acceptors (Lipinski definition) is 8. The van der Waals surface area contributed by atoms with E-state index in [1.165, 1.54) is 28.0 Å². The van der Waals surface area contributed by atoms with Gasteiger partial charge in [-0.2, -0.15) is 5.26 Å². The fourth-order valence-electron chi connectivity index (χ4n) is 3.41. The van der Waals surface area contributed by atoms with Crippen molar-refractivity contribution in [2.24, 2.45) is 11.3 Å². The molecule has 0 bridgehead atoms. The summed E-state index contributed by atoms with van der Waals surface area (Å²) in [5, 5.41) is 25.0. The van der Waals surface area contributed by atoms with Crippen LogP contribution in [0.25, 0.3) is 0 Å². The molecule has 150 valence electrons. The molecule has 0 radical (unpaired) electrons. The van der Waals surface area contributed by atoms with Crippen molar-refractivity contribution < 1.29 is 4.79 Å². The summed E-state index contributed by atoms with van der Waals surface area (Å²) in [4.78, 5) is 13.7. The molecule has 0 fully saturated rings. The third-order valence-electron chi connectivity index (χ3n) is 5.59. The zero-order chi connectivity index (χ0) is 20.3. The molecule has 0 spiro atoms. The Hall–Kier alpha value is -1.63. The highest BCUT2D eigenvalue weighted by Gasteiger charge is 2.34. The first kappa shape index (κ1) is 21.1. The summed E-state index contributed by atoms with van der Waals surface area (Å²) in [6.45, 7) is 6.90. The minimum Gasteiger partial charge on any atom is -0.363 e. The Bertz CT molecular complexity index is 896. The summed E-state index contributed by atoms with van der Waals surface area (Å²) in [5.41, 5.74) is 2.09. The molecule has 1 atom stereocenters. The van der Waals surface area contributed by atoms with Gasteiger partial charge in [0.25, 0.3) is 0 Å². The monoisotopic (exact) mass is 435 g/mol. The Morgan fingerprint density at radius 2 is 2.18 bits per heavy atom. The molecule has 2 aromatic heterocycles. The van der Waals surface area contributed by atoms with Gasteiger partial charge in [0.05, 0.1) is 11.3 Å². The molecule has 1 aliphatic carbocycles. The second-order valence-electron chi connectivity index (χ2n) is 7.56. The number of nitrogens with one attached hydrogen (secondary N) is 2. The highest BCUT2D eigenvalue weighted by Crippen LogP contribution is 2.45. The van der Waals surface area contributed by atoms with Gasteiger partial charge in [-0.1, -0.05) is 50.3 Å². The van der Waals surface area contributed by atoms with E-state index >= 15 is 0 Å². The third-order valence-corrected chi connectivity index (χ3v) is 8.84. The number of hydrogen-bond donors (Lipinski definition) is 2. The van der Waals surface area contributed by atoms with Crippen LogP contribution in [0.3, 0.4) is 0 Å². The van der Waals surface area contributed by atoms with Crippen LogP contribution in [0, 0.1) is 22.7 Å². The fraction of sp³-hybridized carbons (Fsp3) is 0.579. The number of anilines is 2. The van der Waals surface area contributed by atoms with E-state index in [-0.39, 0.29) is 11.7 Å². The van der Waals surface area contributed by atoms with Gasteiger partial charge in [0, 0.05) is 11.9 Å². The van der Waals surface area contributed by atoms with Crippen LogP contribution in [0.15, 0.2) is 4.34 Å². The van der Waals surface area contributed by atoms with Gasteiger partial charge < -0.3 is 10.6 Å². The van der Waals surface area contributed by atoms with Crippen LogP contribution in [-0.4, -0.2) is 28.9 Å². The first-order valence-electron chi connectivity index (χ1n) is 9.36. The molecular weight excluding hydrogens is 410 g/mol. The van der Waals surface area contributed by atoms with Crippen LogP contribution in [-0.2, 0) is 17.6 Å². The molecule has 1 amide bonds. The number of thioether (sulfide) groups is 1. The van der Waals surface area contributed by atoms with Crippen molar-refractivity contribution in [2.45, 2.75) is 50.8 Å². The molecule has 0 saturated heterocycles. The lowest BCUT2D eigenvalue weighted by atomic mass is 9.69. The Labute approximate surface area is 178 Å². The molecule has 2 heterocycles. The maximum Gasteiger partial charge on any atom is 0.235 e. The molecule has 28 heavy (non-hydrogen) atoms. The van der Waals surface area contributed by atoms with Crippen LogP contribution >= 0.6 is 34.4 Å². The summed E-state index contributed by atoms with van der Waals surface area (Å²) >= 11 is 4.34. The Balaban J connectivity index is 1.68. The SMILES string of the molecule is CCC(C)(C)C1CCc2c(sc(NC(=O)CSc3nnc(NC)s3)c2C#N)C1. The molecule has 1 aliphatic rings. The number of carbonyl (C=O) groups excluding carboxylic acids is 1. The van der Waals surface area contributed by atoms with Gasteiger partial charge in [-0.3, -0.25) is 4.79 Å². The normalized spacial score (nSPS) is 16.3. The highest BCUT2D eigenvalue weighted by molar-refractivity contribution is 8.01. The molecule has 0 aromatic carbocycles. The molecule has 6 nitrogen and oxygen atoms in total. The van der Waals surface area contributed by atoms with Gasteiger partial charge in [-0.05, 0) is 36.2 Å². The molecule has 0 saturated carbocycles. The van der Waals surface area contributed by atoms with Crippen LogP contribution in [0.2, 0.25) is 0 Å². The summed E-state index contributed by atoms with van der Waals surface area (Å²) in [6, 6.07) is 2.32. The average molecular weight is 436 g/mol. The average Bonchev–Trinajstić information content (AvgIpc) is 3.29. The lowest BCUT2D eigenvalue weighted by molar-refractivity contribution is -0.113. The fourth-order valence-corrected chi connectivity index (χ4v) is 6.21. The van der Waals surface area contributed by atoms with Gasteiger partial charge in [-0.15, -0.1) is 21.5 Å². The number of thiophene rings is 1. The number of amides is 1. The van der Waals surface area contributed by atoms with Gasteiger partial charge in [-0.25, -0.2) is 0 Å². The smallest absolute Gasteiger partial charge is 0.235 e. The molecule has 1 unspecified atom stereocenters. The first-order valence-corrected chi connectivity index (χ1v) is 12.0. The van der Waals surface area contributed by atoms with Crippen molar-refractivity contribution in [2.75, 3.05) is 23.4 Å². The first-order chi connectivity index (χ1) is 13.4. The summed E-state index contributed by atoms with van der Waals surface area (Å²) in [7, 11) is 1.79. The summed E-state index contributed by atoms with van der Waals surface area (Å²) < 4.78 is 0.745. The van der Waals surface area contributed by atoms with Crippen LogP contribution in [0.1, 0.15) is 49.6 Å². The maximum atomic E-state index is 12.4. The number of nitriles is 1. The van der Waals surface area contributed by atoms with E-state index in [4.69, 9.17) is 0 Å². The van der Waals surface area contributed by atoms with Crippen LogP contribution in [0.5, 0.6) is 0 Å². The molecule has 9 heteroatoms. The topological polar surface area (TPSA) is 90.7 Å².